The molecule has 0 fully saturated rings. The van der Waals surface area contributed by atoms with E-state index < -0.39 is 10.9 Å². The van der Waals surface area contributed by atoms with Crippen LogP contribution in [0.4, 0.5) is 5.69 Å². The molecule has 0 saturated heterocycles. The van der Waals surface area contributed by atoms with Crippen LogP contribution in [0.25, 0.3) is 0 Å². The molecule has 0 spiro atoms. The standard InChI is InChI=1S/C10H11NO4S/c1-7-4-8(11(14)15)6-9(5-7)16-3-2-10(12)13/h4-6H,2-3H2,1H3,(H,12,13). The van der Waals surface area contributed by atoms with E-state index in [1.807, 2.05) is 0 Å². The van der Waals surface area contributed by atoms with E-state index in [0.717, 1.165) is 10.5 Å². The molecular weight excluding hydrogens is 230 g/mol. The van der Waals surface area contributed by atoms with Crippen molar-refractivity contribution >= 4 is 23.4 Å². The Balaban J connectivity index is 2.72. The van der Waals surface area contributed by atoms with E-state index in [1.165, 1.54) is 23.9 Å². The molecule has 0 aliphatic carbocycles. The second-order valence-corrected chi connectivity index (χ2v) is 4.42. The maximum absolute atomic E-state index is 10.6. The summed E-state index contributed by atoms with van der Waals surface area (Å²) >= 11 is 1.31. The minimum absolute atomic E-state index is 0.0397. The number of nitro benzene ring substituents is 1. The number of non-ortho nitro benzene ring substituents is 1. The molecule has 1 aromatic carbocycles. The van der Waals surface area contributed by atoms with Crippen molar-refractivity contribution in [2.45, 2.75) is 18.2 Å². The summed E-state index contributed by atoms with van der Waals surface area (Å²) in [6, 6.07) is 4.75. The summed E-state index contributed by atoms with van der Waals surface area (Å²) in [5.41, 5.74) is 0.838. The fourth-order valence-corrected chi connectivity index (χ4v) is 2.16. The van der Waals surface area contributed by atoms with Gasteiger partial charge in [-0.1, -0.05) is 0 Å². The molecule has 16 heavy (non-hydrogen) atoms. The second kappa shape index (κ2) is 5.50. The number of nitrogens with zero attached hydrogens (tertiary/aromatic N) is 1. The Morgan fingerprint density at radius 2 is 2.19 bits per heavy atom. The number of nitro groups is 1. The molecule has 6 heteroatoms. The molecule has 5 nitrogen and oxygen atoms in total. The van der Waals surface area contributed by atoms with Crippen molar-refractivity contribution in [3.8, 4) is 0 Å². The Hall–Kier alpha value is -1.56. The molecule has 0 aliphatic rings. The highest BCUT2D eigenvalue weighted by Crippen LogP contribution is 2.25. The highest BCUT2D eigenvalue weighted by atomic mass is 32.2. The third-order valence-electron chi connectivity index (χ3n) is 1.83. The van der Waals surface area contributed by atoms with E-state index >= 15 is 0 Å². The predicted octanol–water partition coefficient (Wildman–Crippen LogP) is 2.47. The number of hydrogen-bond donors (Lipinski definition) is 1. The molecule has 0 aliphatic heterocycles. The number of aliphatic carboxylic acids is 1. The Bertz CT molecular complexity index is 419. The normalized spacial score (nSPS) is 10.1. The Kier molecular flexibility index (Phi) is 4.30. The highest BCUT2D eigenvalue weighted by molar-refractivity contribution is 7.99. The van der Waals surface area contributed by atoms with Crippen molar-refractivity contribution in [3.63, 3.8) is 0 Å². The SMILES string of the molecule is Cc1cc(SCCC(=O)O)cc([N+](=O)[O-])c1. The van der Waals surface area contributed by atoms with Gasteiger partial charge in [0.15, 0.2) is 0 Å². The van der Waals surface area contributed by atoms with Crippen LogP contribution < -0.4 is 0 Å². The van der Waals surface area contributed by atoms with Crippen molar-refractivity contribution < 1.29 is 14.8 Å². The van der Waals surface area contributed by atoms with Crippen LogP contribution in [0.2, 0.25) is 0 Å². The number of aryl methyl sites for hydroxylation is 1. The van der Waals surface area contributed by atoms with Crippen LogP contribution in [0.5, 0.6) is 0 Å². The molecule has 0 radical (unpaired) electrons. The summed E-state index contributed by atoms with van der Waals surface area (Å²) in [4.78, 5) is 21.2. The molecule has 1 N–H and O–H groups in total. The van der Waals surface area contributed by atoms with Crippen LogP contribution in [-0.4, -0.2) is 21.8 Å². The van der Waals surface area contributed by atoms with E-state index in [1.54, 1.807) is 13.0 Å². The van der Waals surface area contributed by atoms with Crippen molar-refractivity contribution in [1.82, 2.24) is 0 Å². The fraction of sp³-hybridized carbons (Fsp3) is 0.300. The predicted molar refractivity (Wildman–Crippen MR) is 60.8 cm³/mol. The fourth-order valence-electron chi connectivity index (χ4n) is 1.17. The molecule has 0 aromatic heterocycles. The largest absolute Gasteiger partial charge is 0.481 e. The quantitative estimate of drug-likeness (QED) is 0.486. The third kappa shape index (κ3) is 3.90. The zero-order valence-electron chi connectivity index (χ0n) is 8.67. The minimum Gasteiger partial charge on any atom is -0.481 e. The van der Waals surface area contributed by atoms with Gasteiger partial charge in [0.2, 0.25) is 0 Å². The van der Waals surface area contributed by atoms with Crippen LogP contribution in [0.1, 0.15) is 12.0 Å². The Morgan fingerprint density at radius 1 is 1.50 bits per heavy atom. The van der Waals surface area contributed by atoms with Gasteiger partial charge in [0, 0.05) is 22.8 Å². The molecular formula is C10H11NO4S. The number of benzene rings is 1. The van der Waals surface area contributed by atoms with Gasteiger partial charge in [-0.15, -0.1) is 11.8 Å². The zero-order chi connectivity index (χ0) is 12.1. The number of hydrogen-bond acceptors (Lipinski definition) is 4. The lowest BCUT2D eigenvalue weighted by Crippen LogP contribution is -1.96. The number of thioether (sulfide) groups is 1. The van der Waals surface area contributed by atoms with E-state index in [9.17, 15) is 14.9 Å². The summed E-state index contributed by atoms with van der Waals surface area (Å²) in [5, 5.41) is 19.1. The van der Waals surface area contributed by atoms with Crippen molar-refractivity contribution in [1.29, 1.82) is 0 Å². The lowest BCUT2D eigenvalue weighted by molar-refractivity contribution is -0.385. The number of carbonyl (C=O) groups is 1. The highest BCUT2D eigenvalue weighted by Gasteiger charge is 2.08. The van der Waals surface area contributed by atoms with Crippen LogP contribution >= 0.6 is 11.8 Å². The Morgan fingerprint density at radius 3 is 2.75 bits per heavy atom. The van der Waals surface area contributed by atoms with Crippen LogP contribution in [-0.2, 0) is 4.79 Å². The third-order valence-corrected chi connectivity index (χ3v) is 2.81. The minimum atomic E-state index is -0.866. The zero-order valence-corrected chi connectivity index (χ0v) is 9.49. The van der Waals surface area contributed by atoms with Gasteiger partial charge >= 0.3 is 5.97 Å². The molecule has 1 aromatic rings. The van der Waals surface area contributed by atoms with Gasteiger partial charge in [-0.05, 0) is 18.6 Å². The molecule has 0 amide bonds. The topological polar surface area (TPSA) is 80.4 Å². The van der Waals surface area contributed by atoms with Crippen molar-refractivity contribution in [2.75, 3.05) is 5.75 Å². The van der Waals surface area contributed by atoms with Gasteiger partial charge in [0.1, 0.15) is 0 Å². The molecule has 86 valence electrons. The smallest absolute Gasteiger partial charge is 0.304 e. The van der Waals surface area contributed by atoms with Gasteiger partial charge in [-0.25, -0.2) is 0 Å². The van der Waals surface area contributed by atoms with Gasteiger partial charge in [-0.3, -0.25) is 14.9 Å². The first-order chi connectivity index (χ1) is 7.49. The molecule has 0 unspecified atom stereocenters. The number of carboxylic acid groups (broad SMARTS) is 1. The summed E-state index contributed by atoms with van der Waals surface area (Å²) in [6.45, 7) is 1.77. The van der Waals surface area contributed by atoms with Gasteiger partial charge < -0.3 is 5.11 Å². The van der Waals surface area contributed by atoms with Gasteiger partial charge in [-0.2, -0.15) is 0 Å². The molecule has 0 saturated carbocycles. The van der Waals surface area contributed by atoms with Crippen molar-refractivity contribution in [2.24, 2.45) is 0 Å². The molecule has 1 rings (SSSR count). The first-order valence-electron chi connectivity index (χ1n) is 4.59. The lowest BCUT2D eigenvalue weighted by atomic mass is 10.2. The first kappa shape index (κ1) is 12.5. The molecule has 0 atom stereocenters. The maximum atomic E-state index is 10.6. The van der Waals surface area contributed by atoms with Crippen LogP contribution in [0.15, 0.2) is 23.1 Å². The van der Waals surface area contributed by atoms with E-state index in [-0.39, 0.29) is 12.1 Å². The van der Waals surface area contributed by atoms with E-state index in [4.69, 9.17) is 5.11 Å². The molecule has 0 heterocycles. The van der Waals surface area contributed by atoms with E-state index in [2.05, 4.69) is 0 Å². The average Bonchev–Trinajstić information content (AvgIpc) is 2.16. The summed E-state index contributed by atoms with van der Waals surface area (Å²) in [6.07, 6.45) is 0.0480. The van der Waals surface area contributed by atoms with Crippen LogP contribution in [0, 0.1) is 17.0 Å². The summed E-state index contributed by atoms with van der Waals surface area (Å²) in [7, 11) is 0. The van der Waals surface area contributed by atoms with E-state index in [0.29, 0.717) is 5.75 Å². The Labute approximate surface area is 96.6 Å². The van der Waals surface area contributed by atoms with Gasteiger partial charge in [0.25, 0.3) is 5.69 Å². The molecule has 0 bridgehead atoms. The van der Waals surface area contributed by atoms with Crippen molar-refractivity contribution in [3.05, 3.63) is 33.9 Å². The summed E-state index contributed by atoms with van der Waals surface area (Å²) in [5.74, 6) is -0.453. The number of rotatable bonds is 5. The number of carboxylic acids is 1. The lowest BCUT2D eigenvalue weighted by Gasteiger charge is -2.01. The monoisotopic (exact) mass is 241 g/mol. The average molecular weight is 241 g/mol. The maximum Gasteiger partial charge on any atom is 0.304 e. The second-order valence-electron chi connectivity index (χ2n) is 3.25. The van der Waals surface area contributed by atoms with Crippen LogP contribution in [0.3, 0.4) is 0 Å². The first-order valence-corrected chi connectivity index (χ1v) is 5.58. The van der Waals surface area contributed by atoms with Gasteiger partial charge in [0.05, 0.1) is 11.3 Å². The summed E-state index contributed by atoms with van der Waals surface area (Å²) < 4.78 is 0.